The van der Waals surface area contributed by atoms with Crippen LogP contribution in [0.5, 0.6) is 0 Å². The van der Waals surface area contributed by atoms with E-state index in [2.05, 4.69) is 77.1 Å². The summed E-state index contributed by atoms with van der Waals surface area (Å²) in [4.78, 5) is 0. The average Bonchev–Trinajstić information content (AvgIpc) is 3.39. The zero-order chi connectivity index (χ0) is 34.2. The molecule has 0 saturated carbocycles. The van der Waals surface area contributed by atoms with Crippen LogP contribution in [0.25, 0.3) is 16.9 Å². The Labute approximate surface area is 299 Å². The van der Waals surface area contributed by atoms with Gasteiger partial charge in [-0.3, -0.25) is 0 Å². The van der Waals surface area contributed by atoms with Gasteiger partial charge in [-0.25, -0.2) is 4.70 Å². The Bertz CT molecular complexity index is 1150. The van der Waals surface area contributed by atoms with Gasteiger partial charge in [0.25, 0.3) is 0 Å². The fourth-order valence-corrected chi connectivity index (χ4v) is 5.91. The Morgan fingerprint density at radius 2 is 0.851 bits per heavy atom. The van der Waals surface area contributed by atoms with Crippen molar-refractivity contribution in [2.24, 2.45) is 0 Å². The van der Waals surface area contributed by atoms with E-state index in [0.29, 0.717) is 0 Å². The first kappa shape index (κ1) is 44.9. The molecule has 0 spiro atoms. The summed E-state index contributed by atoms with van der Waals surface area (Å²) in [5, 5.41) is 15.1. The Balaban J connectivity index is 0.00000280. The maximum atomic E-state index is 11.9. The molecular formula is C42H68N2NiO2. The predicted octanol–water partition coefficient (Wildman–Crippen LogP) is 11.8. The topological polar surface area (TPSA) is 65.8 Å². The first-order valence-corrected chi connectivity index (χ1v) is 18.8. The van der Waals surface area contributed by atoms with E-state index in [-0.39, 0.29) is 29.7 Å². The second-order valence-electron chi connectivity index (χ2n) is 12.6. The molecule has 0 amide bonds. The van der Waals surface area contributed by atoms with Crippen LogP contribution < -0.4 is 0 Å². The van der Waals surface area contributed by atoms with Gasteiger partial charge in [0, 0.05) is 52.5 Å². The van der Waals surface area contributed by atoms with E-state index in [9.17, 15) is 5.53 Å². The molecular weight excluding hydrogens is 623 g/mol. The van der Waals surface area contributed by atoms with Crippen LogP contribution in [-0.4, -0.2) is 28.1 Å². The van der Waals surface area contributed by atoms with Crippen molar-refractivity contribution in [2.75, 3.05) is 13.2 Å². The van der Waals surface area contributed by atoms with Gasteiger partial charge in [-0.15, -0.1) is 0 Å². The largest absolute Gasteiger partial charge is 0.493 e. The van der Waals surface area contributed by atoms with Crippen molar-refractivity contribution in [1.29, 1.82) is 0 Å². The van der Waals surface area contributed by atoms with E-state index in [1.807, 2.05) is 0 Å². The third kappa shape index (κ3) is 16.7. The number of allylic oxidation sites excluding steroid dienone is 2. The van der Waals surface area contributed by atoms with Crippen LogP contribution in [-0.2, 0) is 42.2 Å². The van der Waals surface area contributed by atoms with Crippen molar-refractivity contribution in [3.63, 3.8) is 0 Å². The maximum Gasteiger partial charge on any atom is 0.210 e. The average molecular weight is 692 g/mol. The third-order valence-corrected chi connectivity index (χ3v) is 8.31. The molecule has 0 fully saturated rings. The predicted molar refractivity (Wildman–Crippen MR) is 200 cm³/mol. The molecule has 2 N–H and O–H groups in total. The van der Waals surface area contributed by atoms with Crippen LogP contribution >= 0.6 is 0 Å². The Morgan fingerprint density at radius 1 is 0.489 bits per heavy atom. The fraction of sp³-hybridized carbons (Fsp3) is 0.619. The van der Waals surface area contributed by atoms with E-state index in [1.165, 1.54) is 110 Å². The van der Waals surface area contributed by atoms with Crippen molar-refractivity contribution >= 4 is 11.4 Å². The summed E-state index contributed by atoms with van der Waals surface area (Å²) in [5.41, 5.74) is 23.1. The van der Waals surface area contributed by atoms with Gasteiger partial charge in [0.1, 0.15) is 0 Å². The van der Waals surface area contributed by atoms with Crippen LogP contribution in [0.2, 0.25) is 0 Å². The number of aliphatic hydroxyl groups excluding tert-OH is 2. The number of hydrogen-bond donors (Lipinski definition) is 2. The number of aryl methyl sites for hydroxylation is 4. The van der Waals surface area contributed by atoms with Gasteiger partial charge >= 0.3 is 0 Å². The van der Waals surface area contributed by atoms with E-state index < -0.39 is 0 Å². The normalized spacial score (nSPS) is 12.2. The first-order valence-electron chi connectivity index (χ1n) is 18.8. The number of aliphatic hydroxyl groups is 2. The fourth-order valence-electron chi connectivity index (χ4n) is 5.91. The SMILES string of the molecule is CCCCCCC1=C(c2cc(CCCC)cc(CCCC)c2)[N+](=[N-])C(c2cc(CCCC)cc(CCCC)c2)=C1.CCO.CCO.[Ni]. The summed E-state index contributed by atoms with van der Waals surface area (Å²) in [6.45, 7) is 15.2. The number of rotatable bonds is 19. The molecule has 3 rings (SSSR count). The summed E-state index contributed by atoms with van der Waals surface area (Å²) in [6.07, 6.45) is 22.3. The van der Waals surface area contributed by atoms with Crippen molar-refractivity contribution < 1.29 is 31.4 Å². The van der Waals surface area contributed by atoms with Gasteiger partial charge in [-0.2, -0.15) is 0 Å². The van der Waals surface area contributed by atoms with Gasteiger partial charge in [0.2, 0.25) is 11.4 Å². The van der Waals surface area contributed by atoms with Crippen LogP contribution in [0.1, 0.15) is 165 Å². The minimum Gasteiger partial charge on any atom is -0.493 e. The van der Waals surface area contributed by atoms with E-state index in [1.54, 1.807) is 18.5 Å². The molecule has 47 heavy (non-hydrogen) atoms. The quantitative estimate of drug-likeness (QED) is 0.0875. The molecule has 1 aliphatic rings. The number of hydrogen-bond acceptors (Lipinski definition) is 2. The Kier molecular flexibility index (Phi) is 26.6. The second kappa shape index (κ2) is 27.8. The number of unbranched alkanes of at least 4 members (excludes halogenated alkanes) is 7. The summed E-state index contributed by atoms with van der Waals surface area (Å²) in [5.74, 6) is 0. The molecule has 5 heteroatoms. The minimum atomic E-state index is 0. The molecule has 0 radical (unpaired) electrons. The molecule has 0 saturated heterocycles. The molecule has 1 aliphatic heterocycles. The molecule has 2 aromatic rings. The molecule has 268 valence electrons. The van der Waals surface area contributed by atoms with Crippen molar-refractivity contribution in [3.05, 3.63) is 87.0 Å². The monoisotopic (exact) mass is 690 g/mol. The van der Waals surface area contributed by atoms with Crippen molar-refractivity contribution in [2.45, 2.75) is 158 Å². The summed E-state index contributed by atoms with van der Waals surface area (Å²) < 4.78 is 1.54. The molecule has 0 aromatic heterocycles. The van der Waals surface area contributed by atoms with Gasteiger partial charge in [0.15, 0.2) is 0 Å². The van der Waals surface area contributed by atoms with Crippen LogP contribution in [0.15, 0.2) is 48.0 Å². The molecule has 1 heterocycles. The van der Waals surface area contributed by atoms with Crippen molar-refractivity contribution in [3.8, 4) is 0 Å². The molecule has 0 atom stereocenters. The standard InChI is InChI=1S/C38H56N2.2C2H6O.Ni/c1-6-11-16-17-22-34-29-37(35-25-30(18-12-7-2)23-31(26-35)19-13-8-3)40(39)38(34)36-27-32(20-14-9-4)24-33(28-36)21-15-10-5;2*1-2-3;/h23-29H,6-22H2,1-5H3;2*3H,2H2,1H3;. The maximum absolute atomic E-state index is 11.9. The third-order valence-electron chi connectivity index (χ3n) is 8.31. The molecule has 4 nitrogen and oxygen atoms in total. The minimum absolute atomic E-state index is 0. The summed E-state index contributed by atoms with van der Waals surface area (Å²) >= 11 is 0. The van der Waals surface area contributed by atoms with Gasteiger partial charge in [-0.1, -0.05) is 91.7 Å². The smallest absolute Gasteiger partial charge is 0.210 e. The summed E-state index contributed by atoms with van der Waals surface area (Å²) in [6, 6.07) is 14.2. The van der Waals surface area contributed by atoms with Crippen LogP contribution in [0, 0.1) is 0 Å². The Hall–Kier alpha value is -2.07. The van der Waals surface area contributed by atoms with Crippen molar-refractivity contribution in [1.82, 2.24) is 0 Å². The van der Waals surface area contributed by atoms with Gasteiger partial charge in [0.05, 0.1) is 0 Å². The number of nitrogens with zero attached hydrogens (tertiary/aromatic N) is 2. The van der Waals surface area contributed by atoms with E-state index >= 15 is 0 Å². The first-order chi connectivity index (χ1) is 22.4. The van der Waals surface area contributed by atoms with Crippen LogP contribution in [0.4, 0.5) is 0 Å². The molecule has 0 aliphatic carbocycles. The van der Waals surface area contributed by atoms with Gasteiger partial charge < -0.3 is 15.7 Å². The summed E-state index contributed by atoms with van der Waals surface area (Å²) in [7, 11) is 0. The van der Waals surface area contributed by atoms with E-state index in [0.717, 1.165) is 49.1 Å². The number of benzene rings is 2. The Morgan fingerprint density at radius 3 is 1.21 bits per heavy atom. The molecule has 2 aromatic carbocycles. The molecule has 0 bridgehead atoms. The van der Waals surface area contributed by atoms with E-state index in [4.69, 9.17) is 10.2 Å². The zero-order valence-corrected chi connectivity index (χ0v) is 32.1. The zero-order valence-electron chi connectivity index (χ0n) is 31.1. The van der Waals surface area contributed by atoms with Gasteiger partial charge in [-0.05, 0) is 125 Å². The second-order valence-corrected chi connectivity index (χ2v) is 12.6. The van der Waals surface area contributed by atoms with Crippen LogP contribution in [0.3, 0.4) is 0 Å². The molecule has 0 unspecified atom stereocenters.